The van der Waals surface area contributed by atoms with E-state index >= 15 is 0 Å². The van der Waals surface area contributed by atoms with Crippen molar-refractivity contribution in [2.45, 2.75) is 18.4 Å². The monoisotopic (exact) mass is 319 g/mol. The van der Waals surface area contributed by atoms with Crippen molar-refractivity contribution >= 4 is 17.3 Å². The SMILES string of the molecule is [N-]=[N+]=NCC[C@@]1(N2CCc3ccccc32)C(=O)Nc2ccccc21. The number of rotatable bonds is 4. The summed E-state index contributed by atoms with van der Waals surface area (Å²) in [5, 5.41) is 6.70. The first-order valence-corrected chi connectivity index (χ1v) is 8.05. The van der Waals surface area contributed by atoms with E-state index in [0.717, 1.165) is 29.9 Å². The van der Waals surface area contributed by atoms with E-state index in [-0.39, 0.29) is 12.5 Å². The fourth-order valence-corrected chi connectivity index (χ4v) is 3.94. The highest BCUT2D eigenvalue weighted by Crippen LogP contribution is 2.47. The minimum Gasteiger partial charge on any atom is -0.353 e. The number of azide groups is 1. The molecular formula is C18H17N5O. The Hall–Kier alpha value is -2.98. The molecule has 4 rings (SSSR count). The van der Waals surface area contributed by atoms with Gasteiger partial charge in [0.15, 0.2) is 0 Å². The van der Waals surface area contributed by atoms with Crippen LogP contribution in [0.2, 0.25) is 0 Å². The predicted octanol–water partition coefficient (Wildman–Crippen LogP) is 3.60. The molecule has 1 N–H and O–H groups in total. The molecule has 6 heteroatoms. The van der Waals surface area contributed by atoms with E-state index < -0.39 is 5.54 Å². The fraction of sp³-hybridized carbons (Fsp3) is 0.278. The van der Waals surface area contributed by atoms with Gasteiger partial charge in [-0.15, -0.1) is 0 Å². The first kappa shape index (κ1) is 14.6. The van der Waals surface area contributed by atoms with Crippen molar-refractivity contribution in [2.24, 2.45) is 5.11 Å². The molecule has 120 valence electrons. The van der Waals surface area contributed by atoms with Gasteiger partial charge in [-0.3, -0.25) is 4.79 Å². The summed E-state index contributed by atoms with van der Waals surface area (Å²) in [4.78, 5) is 18.1. The van der Waals surface area contributed by atoms with Gasteiger partial charge in [0.2, 0.25) is 0 Å². The van der Waals surface area contributed by atoms with Gasteiger partial charge in [0.05, 0.1) is 0 Å². The lowest BCUT2D eigenvalue weighted by atomic mass is 9.85. The number of nitrogens with zero attached hydrogens (tertiary/aromatic N) is 4. The smallest absolute Gasteiger partial charge is 0.255 e. The first-order valence-electron chi connectivity index (χ1n) is 8.05. The third kappa shape index (κ3) is 1.97. The lowest BCUT2D eigenvalue weighted by Crippen LogP contribution is -2.51. The number of fused-ring (bicyclic) bond motifs is 2. The third-order valence-electron chi connectivity index (χ3n) is 4.98. The second kappa shape index (κ2) is 5.58. The summed E-state index contributed by atoms with van der Waals surface area (Å²) < 4.78 is 0. The van der Waals surface area contributed by atoms with E-state index in [1.54, 1.807) is 0 Å². The second-order valence-electron chi connectivity index (χ2n) is 6.09. The Morgan fingerprint density at radius 3 is 2.88 bits per heavy atom. The highest BCUT2D eigenvalue weighted by molar-refractivity contribution is 6.08. The Balaban J connectivity index is 1.87. The molecule has 2 aliphatic rings. The zero-order valence-corrected chi connectivity index (χ0v) is 13.1. The van der Waals surface area contributed by atoms with Crippen molar-refractivity contribution in [3.05, 3.63) is 70.1 Å². The number of nitrogens with one attached hydrogen (secondary N) is 1. The van der Waals surface area contributed by atoms with E-state index in [1.807, 2.05) is 36.4 Å². The van der Waals surface area contributed by atoms with Gasteiger partial charge in [0.1, 0.15) is 5.54 Å². The lowest BCUT2D eigenvalue weighted by Gasteiger charge is -2.39. The average molecular weight is 319 g/mol. The molecule has 1 amide bonds. The van der Waals surface area contributed by atoms with E-state index in [2.05, 4.69) is 32.4 Å². The van der Waals surface area contributed by atoms with Gasteiger partial charge < -0.3 is 10.2 Å². The van der Waals surface area contributed by atoms with E-state index in [0.29, 0.717) is 6.42 Å². The van der Waals surface area contributed by atoms with Crippen LogP contribution in [0.15, 0.2) is 53.6 Å². The number of para-hydroxylation sites is 2. The quantitative estimate of drug-likeness (QED) is 0.531. The summed E-state index contributed by atoms with van der Waals surface area (Å²) in [5.74, 6) is -0.0476. The number of hydrogen-bond acceptors (Lipinski definition) is 3. The standard InChI is InChI=1S/C18H17N5O/c19-22-20-11-10-18(14-6-2-3-7-15(14)21-17(18)24)23-12-9-13-5-1-4-8-16(13)23/h1-8H,9-12H2,(H,21,24)/t18-/m0/s1. The zero-order chi connectivity index (χ0) is 16.6. The summed E-state index contributed by atoms with van der Waals surface area (Å²) in [6, 6.07) is 16.0. The zero-order valence-electron chi connectivity index (χ0n) is 13.1. The molecule has 2 aromatic carbocycles. The summed E-state index contributed by atoms with van der Waals surface area (Å²) in [5.41, 5.74) is 12.0. The highest BCUT2D eigenvalue weighted by Gasteiger charge is 2.52. The van der Waals surface area contributed by atoms with Gasteiger partial charge in [0, 0.05) is 34.9 Å². The largest absolute Gasteiger partial charge is 0.353 e. The summed E-state index contributed by atoms with van der Waals surface area (Å²) in [7, 11) is 0. The molecule has 0 aliphatic carbocycles. The fourth-order valence-electron chi connectivity index (χ4n) is 3.94. The van der Waals surface area contributed by atoms with Gasteiger partial charge in [0.25, 0.3) is 5.91 Å². The van der Waals surface area contributed by atoms with Crippen LogP contribution >= 0.6 is 0 Å². The van der Waals surface area contributed by atoms with Crippen LogP contribution in [0.1, 0.15) is 17.5 Å². The van der Waals surface area contributed by atoms with Gasteiger partial charge in [-0.2, -0.15) is 0 Å². The predicted molar refractivity (Wildman–Crippen MR) is 92.9 cm³/mol. The molecule has 2 aromatic rings. The topological polar surface area (TPSA) is 81.1 Å². The van der Waals surface area contributed by atoms with Crippen LogP contribution in [-0.4, -0.2) is 19.0 Å². The Morgan fingerprint density at radius 2 is 2.00 bits per heavy atom. The number of benzene rings is 2. The normalized spacial score (nSPS) is 21.0. The van der Waals surface area contributed by atoms with Crippen molar-refractivity contribution in [2.75, 3.05) is 23.3 Å². The molecule has 0 fully saturated rings. The molecule has 2 heterocycles. The van der Waals surface area contributed by atoms with E-state index in [4.69, 9.17) is 5.53 Å². The van der Waals surface area contributed by atoms with Gasteiger partial charge in [-0.05, 0) is 36.1 Å². The molecule has 0 saturated carbocycles. The second-order valence-corrected chi connectivity index (χ2v) is 6.09. The van der Waals surface area contributed by atoms with Crippen LogP contribution in [0.4, 0.5) is 11.4 Å². The number of hydrogen-bond donors (Lipinski definition) is 1. The van der Waals surface area contributed by atoms with Crippen molar-refractivity contribution in [1.82, 2.24) is 0 Å². The number of amides is 1. The highest BCUT2D eigenvalue weighted by atomic mass is 16.2. The Morgan fingerprint density at radius 1 is 1.21 bits per heavy atom. The van der Waals surface area contributed by atoms with Crippen LogP contribution in [-0.2, 0) is 16.8 Å². The molecule has 0 spiro atoms. The van der Waals surface area contributed by atoms with Crippen LogP contribution in [0, 0.1) is 0 Å². The Bertz CT molecular complexity index is 858. The van der Waals surface area contributed by atoms with E-state index in [1.165, 1.54) is 5.56 Å². The minimum absolute atomic E-state index is 0.0476. The van der Waals surface area contributed by atoms with Crippen molar-refractivity contribution in [1.29, 1.82) is 0 Å². The maximum absolute atomic E-state index is 13.1. The molecule has 6 nitrogen and oxygen atoms in total. The van der Waals surface area contributed by atoms with Crippen molar-refractivity contribution < 1.29 is 4.79 Å². The maximum Gasteiger partial charge on any atom is 0.255 e. The number of carbonyl (C=O) groups excluding carboxylic acids is 1. The number of carbonyl (C=O) groups is 1. The summed E-state index contributed by atoms with van der Waals surface area (Å²) in [6.07, 6.45) is 1.36. The van der Waals surface area contributed by atoms with Crippen LogP contribution < -0.4 is 10.2 Å². The van der Waals surface area contributed by atoms with Crippen LogP contribution in [0.3, 0.4) is 0 Å². The van der Waals surface area contributed by atoms with Crippen LogP contribution in [0.25, 0.3) is 10.4 Å². The van der Waals surface area contributed by atoms with Gasteiger partial charge in [-0.1, -0.05) is 41.5 Å². The molecule has 0 unspecified atom stereocenters. The van der Waals surface area contributed by atoms with Crippen molar-refractivity contribution in [3.63, 3.8) is 0 Å². The molecule has 24 heavy (non-hydrogen) atoms. The number of anilines is 2. The maximum atomic E-state index is 13.1. The van der Waals surface area contributed by atoms with Crippen molar-refractivity contribution in [3.8, 4) is 0 Å². The molecular weight excluding hydrogens is 302 g/mol. The molecule has 0 saturated heterocycles. The summed E-state index contributed by atoms with van der Waals surface area (Å²) >= 11 is 0. The molecule has 0 aromatic heterocycles. The molecule has 2 aliphatic heterocycles. The van der Waals surface area contributed by atoms with Crippen LogP contribution in [0.5, 0.6) is 0 Å². The molecule has 0 bridgehead atoms. The Kier molecular flexibility index (Phi) is 3.40. The molecule has 0 radical (unpaired) electrons. The first-order chi connectivity index (χ1) is 11.8. The summed E-state index contributed by atoms with van der Waals surface area (Å²) in [6.45, 7) is 1.05. The third-order valence-corrected chi connectivity index (χ3v) is 4.98. The average Bonchev–Trinajstić information content (AvgIpc) is 3.15. The Labute approximate surface area is 139 Å². The lowest BCUT2D eigenvalue weighted by molar-refractivity contribution is -0.121. The van der Waals surface area contributed by atoms with Gasteiger partial charge in [-0.25, -0.2) is 0 Å². The minimum atomic E-state index is -0.822. The molecule has 1 atom stereocenters. The van der Waals surface area contributed by atoms with Gasteiger partial charge >= 0.3 is 0 Å². The van der Waals surface area contributed by atoms with E-state index in [9.17, 15) is 4.79 Å².